The fourth-order valence-electron chi connectivity index (χ4n) is 2.39. The van der Waals surface area contributed by atoms with E-state index in [2.05, 4.69) is 18.2 Å². The Labute approximate surface area is 141 Å². The second-order valence-corrected chi connectivity index (χ2v) is 5.75. The van der Waals surface area contributed by atoms with Crippen molar-refractivity contribution < 1.29 is 0 Å². The molecular weight excluding hydrogens is 304 g/mol. The van der Waals surface area contributed by atoms with Crippen molar-refractivity contribution in [1.29, 1.82) is 0 Å². The van der Waals surface area contributed by atoms with Crippen molar-refractivity contribution in [2.75, 3.05) is 0 Å². The van der Waals surface area contributed by atoms with Gasteiger partial charge in [-0.15, -0.1) is 0 Å². The molecule has 0 atom stereocenters. The van der Waals surface area contributed by atoms with Gasteiger partial charge in [-0.1, -0.05) is 109 Å². The lowest BCUT2D eigenvalue weighted by molar-refractivity contribution is 1.60. The van der Waals surface area contributed by atoms with Gasteiger partial charge in [0.1, 0.15) is 0 Å². The van der Waals surface area contributed by atoms with Gasteiger partial charge in [0.15, 0.2) is 0 Å². The van der Waals surface area contributed by atoms with Gasteiger partial charge in [0.2, 0.25) is 0 Å². The molecule has 106 valence electrons. The molecule has 3 rings (SSSR count). The van der Waals surface area contributed by atoms with Crippen LogP contribution in [0.25, 0.3) is 11.1 Å². The molecule has 0 fully saturated rings. The van der Waals surface area contributed by atoms with Crippen molar-refractivity contribution in [3.8, 4) is 11.1 Å². The van der Waals surface area contributed by atoms with Gasteiger partial charge in [0.25, 0.3) is 0 Å². The summed E-state index contributed by atoms with van der Waals surface area (Å²) in [4.78, 5) is 1.44. The average molecular weight is 318 g/mol. The van der Waals surface area contributed by atoms with Gasteiger partial charge in [-0.25, -0.2) is 0 Å². The van der Waals surface area contributed by atoms with E-state index >= 15 is 0 Å². The molecule has 2 heteroatoms. The molecule has 3 aromatic carbocycles. The summed E-state index contributed by atoms with van der Waals surface area (Å²) in [5.74, 6) is 0. The first-order valence-corrected chi connectivity index (χ1v) is 7.87. The topological polar surface area (TPSA) is 0 Å². The summed E-state index contributed by atoms with van der Waals surface area (Å²) < 4.78 is 0. The third-order valence-corrected chi connectivity index (χ3v) is 4.49. The Kier molecular flexibility index (Phi) is 4.52. The van der Waals surface area contributed by atoms with Crippen LogP contribution < -0.4 is 0 Å². The highest BCUT2D eigenvalue weighted by Gasteiger charge is 2.14. The van der Waals surface area contributed by atoms with E-state index in [1.54, 1.807) is 0 Å². The SMILES string of the molecule is S=C(C(=S)c1ccccc1-c1ccccc1)c1ccccc1. The van der Waals surface area contributed by atoms with E-state index in [9.17, 15) is 0 Å². The zero-order valence-electron chi connectivity index (χ0n) is 11.9. The minimum absolute atomic E-state index is 0.721. The van der Waals surface area contributed by atoms with Crippen molar-refractivity contribution in [1.82, 2.24) is 0 Å². The molecule has 0 heterocycles. The molecule has 0 amide bonds. The van der Waals surface area contributed by atoms with E-state index in [0.717, 1.165) is 32.0 Å². The van der Waals surface area contributed by atoms with Crippen LogP contribution in [0.2, 0.25) is 0 Å². The molecular formula is C20H14S2. The molecule has 0 saturated carbocycles. The van der Waals surface area contributed by atoms with Gasteiger partial charge in [-0.05, 0) is 16.7 Å². The van der Waals surface area contributed by atoms with Crippen LogP contribution in [-0.2, 0) is 0 Å². The van der Waals surface area contributed by atoms with Crippen LogP contribution in [0.5, 0.6) is 0 Å². The summed E-state index contributed by atoms with van der Waals surface area (Å²) in [6, 6.07) is 28.4. The number of hydrogen-bond donors (Lipinski definition) is 0. The van der Waals surface area contributed by atoms with Crippen LogP contribution in [0.15, 0.2) is 84.9 Å². The number of thiocarbonyl (C=S) groups is 2. The van der Waals surface area contributed by atoms with Crippen molar-refractivity contribution in [2.24, 2.45) is 0 Å². The third kappa shape index (κ3) is 3.03. The quantitative estimate of drug-likeness (QED) is 0.461. The maximum atomic E-state index is 5.67. The van der Waals surface area contributed by atoms with Gasteiger partial charge in [-0.3, -0.25) is 0 Å². The van der Waals surface area contributed by atoms with Crippen molar-refractivity contribution in [2.45, 2.75) is 0 Å². The maximum Gasteiger partial charge on any atom is 0.0642 e. The molecule has 3 aromatic rings. The van der Waals surface area contributed by atoms with Gasteiger partial charge in [-0.2, -0.15) is 0 Å². The molecule has 0 N–H and O–H groups in total. The van der Waals surface area contributed by atoms with Crippen LogP contribution in [-0.4, -0.2) is 9.73 Å². The first-order chi connectivity index (χ1) is 10.8. The highest BCUT2D eigenvalue weighted by atomic mass is 32.1. The lowest BCUT2D eigenvalue weighted by Crippen LogP contribution is -2.13. The largest absolute Gasteiger partial charge is 0.0778 e. The van der Waals surface area contributed by atoms with E-state index < -0.39 is 0 Å². The summed E-state index contributed by atoms with van der Waals surface area (Å²) >= 11 is 11.3. The van der Waals surface area contributed by atoms with Crippen molar-refractivity contribution in [3.05, 3.63) is 96.1 Å². The van der Waals surface area contributed by atoms with Crippen LogP contribution in [0.3, 0.4) is 0 Å². The third-order valence-electron chi connectivity index (χ3n) is 3.50. The molecule has 0 aliphatic rings. The average Bonchev–Trinajstić information content (AvgIpc) is 2.62. The second-order valence-electron chi connectivity index (χ2n) is 4.94. The van der Waals surface area contributed by atoms with Crippen LogP contribution in [0, 0.1) is 0 Å². The van der Waals surface area contributed by atoms with Crippen molar-refractivity contribution in [3.63, 3.8) is 0 Å². The fraction of sp³-hybridized carbons (Fsp3) is 0. The molecule has 0 unspecified atom stereocenters. The van der Waals surface area contributed by atoms with E-state index in [1.165, 1.54) is 0 Å². The molecule has 0 radical (unpaired) electrons. The Morgan fingerprint density at radius 2 is 1.09 bits per heavy atom. The predicted octanol–water partition coefficient (Wildman–Crippen LogP) is 5.49. The molecule has 0 saturated heterocycles. The highest BCUT2D eigenvalue weighted by molar-refractivity contribution is 7.90. The Morgan fingerprint density at radius 3 is 1.77 bits per heavy atom. The Balaban J connectivity index is 2.03. The maximum absolute atomic E-state index is 5.67. The first kappa shape index (κ1) is 14.8. The fourth-order valence-corrected chi connectivity index (χ4v) is 2.94. The van der Waals surface area contributed by atoms with Crippen molar-refractivity contribution >= 4 is 34.2 Å². The summed E-state index contributed by atoms with van der Waals surface area (Å²) in [6.45, 7) is 0. The molecule has 0 aromatic heterocycles. The van der Waals surface area contributed by atoms with E-state index in [0.29, 0.717) is 0 Å². The van der Waals surface area contributed by atoms with Crippen LogP contribution in [0.1, 0.15) is 11.1 Å². The zero-order chi connectivity index (χ0) is 15.4. The van der Waals surface area contributed by atoms with Gasteiger partial charge in [0, 0.05) is 5.56 Å². The normalized spacial score (nSPS) is 10.2. The zero-order valence-corrected chi connectivity index (χ0v) is 13.5. The van der Waals surface area contributed by atoms with E-state index in [4.69, 9.17) is 24.4 Å². The smallest absolute Gasteiger partial charge is 0.0642 e. The molecule has 0 spiro atoms. The second kappa shape index (κ2) is 6.73. The molecule has 22 heavy (non-hydrogen) atoms. The summed E-state index contributed by atoms with van der Waals surface area (Å²) in [5.41, 5.74) is 4.27. The van der Waals surface area contributed by atoms with E-state index in [-0.39, 0.29) is 0 Å². The monoisotopic (exact) mass is 318 g/mol. The lowest BCUT2D eigenvalue weighted by atomic mass is 9.95. The van der Waals surface area contributed by atoms with Crippen LogP contribution in [0.4, 0.5) is 0 Å². The summed E-state index contributed by atoms with van der Waals surface area (Å²) in [7, 11) is 0. The molecule has 0 aliphatic carbocycles. The van der Waals surface area contributed by atoms with Crippen LogP contribution >= 0.6 is 24.4 Å². The van der Waals surface area contributed by atoms with Gasteiger partial charge < -0.3 is 0 Å². The molecule has 0 nitrogen and oxygen atoms in total. The minimum atomic E-state index is 0.721. The number of rotatable bonds is 4. The van der Waals surface area contributed by atoms with Gasteiger partial charge in [0.05, 0.1) is 9.73 Å². The summed E-state index contributed by atoms with van der Waals surface area (Å²) in [5, 5.41) is 0. The predicted molar refractivity (Wildman–Crippen MR) is 102 cm³/mol. The molecule has 0 bridgehead atoms. The minimum Gasteiger partial charge on any atom is -0.0778 e. The Morgan fingerprint density at radius 1 is 0.545 bits per heavy atom. The van der Waals surface area contributed by atoms with Gasteiger partial charge >= 0.3 is 0 Å². The number of hydrogen-bond acceptors (Lipinski definition) is 2. The molecule has 0 aliphatic heterocycles. The highest BCUT2D eigenvalue weighted by Crippen LogP contribution is 2.25. The Bertz CT molecular complexity index is 805. The first-order valence-electron chi connectivity index (χ1n) is 7.06. The Hall–Kier alpha value is -2.16. The lowest BCUT2D eigenvalue weighted by Gasteiger charge is -2.12. The summed E-state index contributed by atoms with van der Waals surface area (Å²) in [6.07, 6.45) is 0. The number of benzene rings is 3. The standard InChI is InChI=1S/C20H14S2/c21-19(16-11-5-2-6-12-16)20(22)18-14-8-7-13-17(18)15-9-3-1-4-10-15/h1-14H. The van der Waals surface area contributed by atoms with E-state index in [1.807, 2.05) is 66.7 Å².